The van der Waals surface area contributed by atoms with E-state index in [0.717, 1.165) is 18.8 Å². The van der Waals surface area contributed by atoms with Crippen LogP contribution in [0.25, 0.3) is 0 Å². The molecule has 0 saturated carbocycles. The van der Waals surface area contributed by atoms with Crippen LogP contribution in [-0.2, 0) is 0 Å². The van der Waals surface area contributed by atoms with Crippen LogP contribution >= 0.6 is 0 Å². The van der Waals surface area contributed by atoms with E-state index in [1.165, 1.54) is 0 Å². The van der Waals surface area contributed by atoms with Gasteiger partial charge in [0.1, 0.15) is 5.75 Å². The molecular weight excluding hydrogens is 304 g/mol. The molecule has 0 aromatic heterocycles. The van der Waals surface area contributed by atoms with Crippen molar-refractivity contribution in [1.82, 2.24) is 9.80 Å². The number of amides is 1. The summed E-state index contributed by atoms with van der Waals surface area (Å²) in [6.07, 6.45) is -0.304. The molecule has 0 aliphatic carbocycles. The highest BCUT2D eigenvalue weighted by Gasteiger charge is 2.20. The minimum absolute atomic E-state index is 0.304. The summed E-state index contributed by atoms with van der Waals surface area (Å²) in [5, 5.41) is 8.32. The van der Waals surface area contributed by atoms with Gasteiger partial charge in [-0.25, -0.2) is 4.79 Å². The topological polar surface area (TPSA) is 57.5 Å². The molecule has 124 valence electrons. The van der Waals surface area contributed by atoms with Gasteiger partial charge in [0.05, 0.1) is 11.4 Å². The highest BCUT2D eigenvalue weighted by Crippen LogP contribution is 2.21. The van der Waals surface area contributed by atoms with Gasteiger partial charge in [0, 0.05) is 26.2 Å². The number of benzene rings is 2. The van der Waals surface area contributed by atoms with Gasteiger partial charge in [-0.2, -0.15) is 10.2 Å². The van der Waals surface area contributed by atoms with E-state index in [1.54, 1.807) is 29.2 Å². The van der Waals surface area contributed by atoms with Crippen molar-refractivity contribution in [1.29, 1.82) is 0 Å². The van der Waals surface area contributed by atoms with Crippen molar-refractivity contribution < 1.29 is 9.53 Å². The van der Waals surface area contributed by atoms with Crippen molar-refractivity contribution in [2.24, 2.45) is 10.2 Å². The van der Waals surface area contributed by atoms with Crippen LogP contribution in [0.2, 0.25) is 0 Å². The summed E-state index contributed by atoms with van der Waals surface area (Å²) in [7, 11) is 2.05. The Morgan fingerprint density at radius 1 is 0.875 bits per heavy atom. The average molecular weight is 324 g/mol. The van der Waals surface area contributed by atoms with Crippen LogP contribution in [0.15, 0.2) is 64.8 Å². The molecule has 0 bridgehead atoms. The van der Waals surface area contributed by atoms with Crippen LogP contribution in [0, 0.1) is 0 Å². The Kier molecular flexibility index (Phi) is 5.18. The molecule has 0 atom stereocenters. The second-order valence-corrected chi connectivity index (χ2v) is 5.69. The standard InChI is InChI=1S/C18H20N4O2/c1-21-11-13-22(14-12-21)18(23)24-17-9-7-16(8-10-17)20-19-15-5-3-2-4-6-15/h2-10H,11-14H2,1H3/b20-19+. The second-order valence-electron chi connectivity index (χ2n) is 5.69. The van der Waals surface area contributed by atoms with E-state index < -0.39 is 0 Å². The maximum absolute atomic E-state index is 12.1. The molecule has 1 heterocycles. The highest BCUT2D eigenvalue weighted by molar-refractivity contribution is 5.71. The Morgan fingerprint density at radius 3 is 2.08 bits per heavy atom. The van der Waals surface area contributed by atoms with Gasteiger partial charge in [-0.15, -0.1) is 0 Å². The summed E-state index contributed by atoms with van der Waals surface area (Å²) in [6, 6.07) is 16.5. The maximum atomic E-state index is 12.1. The third-order valence-corrected chi connectivity index (χ3v) is 3.84. The van der Waals surface area contributed by atoms with Gasteiger partial charge < -0.3 is 14.5 Å². The van der Waals surface area contributed by atoms with Crippen LogP contribution < -0.4 is 4.74 Å². The predicted octanol–water partition coefficient (Wildman–Crippen LogP) is 3.85. The lowest BCUT2D eigenvalue weighted by Crippen LogP contribution is -2.48. The van der Waals surface area contributed by atoms with Crippen molar-refractivity contribution in [3.63, 3.8) is 0 Å². The second kappa shape index (κ2) is 7.70. The average Bonchev–Trinajstić information content (AvgIpc) is 2.62. The van der Waals surface area contributed by atoms with Crippen LogP contribution in [0.5, 0.6) is 5.75 Å². The van der Waals surface area contributed by atoms with Crippen molar-refractivity contribution in [2.45, 2.75) is 0 Å². The lowest BCUT2D eigenvalue weighted by Gasteiger charge is -2.31. The van der Waals surface area contributed by atoms with E-state index in [2.05, 4.69) is 15.1 Å². The molecule has 1 saturated heterocycles. The van der Waals surface area contributed by atoms with Gasteiger partial charge >= 0.3 is 6.09 Å². The monoisotopic (exact) mass is 324 g/mol. The highest BCUT2D eigenvalue weighted by atomic mass is 16.6. The number of carbonyl (C=O) groups excluding carboxylic acids is 1. The zero-order chi connectivity index (χ0) is 16.8. The Balaban J connectivity index is 1.56. The Labute approximate surface area is 141 Å². The Hall–Kier alpha value is -2.73. The largest absolute Gasteiger partial charge is 0.415 e. The van der Waals surface area contributed by atoms with Crippen molar-refractivity contribution in [3.8, 4) is 5.75 Å². The summed E-state index contributed by atoms with van der Waals surface area (Å²) in [5.41, 5.74) is 1.50. The predicted molar refractivity (Wildman–Crippen MR) is 92.2 cm³/mol. The maximum Gasteiger partial charge on any atom is 0.415 e. The van der Waals surface area contributed by atoms with Crippen LogP contribution in [0.3, 0.4) is 0 Å². The third kappa shape index (κ3) is 4.39. The van der Waals surface area contributed by atoms with Gasteiger partial charge in [-0.1, -0.05) is 18.2 Å². The normalized spacial score (nSPS) is 15.6. The molecule has 3 rings (SSSR count). The third-order valence-electron chi connectivity index (χ3n) is 3.84. The van der Waals surface area contributed by atoms with Gasteiger partial charge in [0.15, 0.2) is 0 Å². The van der Waals surface area contributed by atoms with E-state index in [4.69, 9.17) is 4.74 Å². The summed E-state index contributed by atoms with van der Waals surface area (Å²) < 4.78 is 5.40. The van der Waals surface area contributed by atoms with Crippen molar-refractivity contribution in [3.05, 3.63) is 54.6 Å². The van der Waals surface area contributed by atoms with E-state index in [9.17, 15) is 4.79 Å². The number of azo groups is 1. The number of carbonyl (C=O) groups is 1. The van der Waals surface area contributed by atoms with E-state index in [-0.39, 0.29) is 6.09 Å². The molecule has 1 amide bonds. The first-order valence-corrected chi connectivity index (χ1v) is 7.93. The molecule has 1 aliphatic rings. The van der Waals surface area contributed by atoms with Crippen LogP contribution in [0.1, 0.15) is 0 Å². The van der Waals surface area contributed by atoms with Gasteiger partial charge in [0.25, 0.3) is 0 Å². The van der Waals surface area contributed by atoms with E-state index in [1.807, 2.05) is 37.4 Å². The Bertz CT molecular complexity index is 693. The molecule has 0 unspecified atom stereocenters. The molecule has 1 aliphatic heterocycles. The fraction of sp³-hybridized carbons (Fsp3) is 0.278. The molecule has 24 heavy (non-hydrogen) atoms. The van der Waals surface area contributed by atoms with Crippen molar-refractivity contribution in [2.75, 3.05) is 33.2 Å². The zero-order valence-corrected chi connectivity index (χ0v) is 13.6. The number of hydrogen-bond acceptors (Lipinski definition) is 5. The summed E-state index contributed by atoms with van der Waals surface area (Å²) in [5.74, 6) is 0.512. The minimum atomic E-state index is -0.304. The summed E-state index contributed by atoms with van der Waals surface area (Å²) in [4.78, 5) is 16.0. The van der Waals surface area contributed by atoms with Gasteiger partial charge in [0.2, 0.25) is 0 Å². The lowest BCUT2D eigenvalue weighted by molar-refractivity contribution is 0.120. The first kappa shape index (κ1) is 16.1. The molecule has 0 N–H and O–H groups in total. The SMILES string of the molecule is CN1CCN(C(=O)Oc2ccc(/N=N/c3ccccc3)cc2)CC1. The quantitative estimate of drug-likeness (QED) is 0.806. The smallest absolute Gasteiger partial charge is 0.410 e. The molecule has 0 radical (unpaired) electrons. The first-order valence-electron chi connectivity index (χ1n) is 7.93. The molecule has 2 aromatic carbocycles. The zero-order valence-electron chi connectivity index (χ0n) is 13.6. The molecule has 1 fully saturated rings. The first-order chi connectivity index (χ1) is 11.7. The number of piperazine rings is 1. The van der Waals surface area contributed by atoms with E-state index >= 15 is 0 Å². The van der Waals surface area contributed by atoms with Crippen LogP contribution in [0.4, 0.5) is 16.2 Å². The number of ether oxygens (including phenoxy) is 1. The fourth-order valence-electron chi connectivity index (χ4n) is 2.35. The van der Waals surface area contributed by atoms with Gasteiger partial charge in [-0.3, -0.25) is 0 Å². The molecule has 6 nitrogen and oxygen atoms in total. The number of rotatable bonds is 3. The van der Waals surface area contributed by atoms with Crippen molar-refractivity contribution >= 4 is 17.5 Å². The molecule has 2 aromatic rings. The van der Waals surface area contributed by atoms with E-state index in [0.29, 0.717) is 24.5 Å². The number of nitrogens with zero attached hydrogens (tertiary/aromatic N) is 4. The number of hydrogen-bond donors (Lipinski definition) is 0. The van der Waals surface area contributed by atoms with Crippen LogP contribution in [-0.4, -0.2) is 49.1 Å². The van der Waals surface area contributed by atoms with Gasteiger partial charge in [-0.05, 0) is 43.4 Å². The Morgan fingerprint density at radius 2 is 1.46 bits per heavy atom. The summed E-state index contributed by atoms with van der Waals surface area (Å²) in [6.45, 7) is 3.12. The summed E-state index contributed by atoms with van der Waals surface area (Å²) >= 11 is 0. The lowest BCUT2D eigenvalue weighted by atomic mass is 10.3. The molecule has 0 spiro atoms. The molecule has 6 heteroatoms. The minimum Gasteiger partial charge on any atom is -0.410 e. The fourth-order valence-corrected chi connectivity index (χ4v) is 2.35. The molecular formula is C18H20N4O2. The number of likely N-dealkylation sites (N-methyl/N-ethyl adjacent to an activating group) is 1.